The molecule has 2 aliphatic heterocycles. The van der Waals surface area contributed by atoms with E-state index in [9.17, 15) is 9.18 Å². The van der Waals surface area contributed by atoms with Crippen LogP contribution in [0.1, 0.15) is 50.5 Å². The summed E-state index contributed by atoms with van der Waals surface area (Å²) in [5.41, 5.74) is 1.06. The van der Waals surface area contributed by atoms with Crippen LogP contribution in [0.5, 0.6) is 11.5 Å². The third-order valence-electron chi connectivity index (χ3n) is 7.45. The van der Waals surface area contributed by atoms with E-state index in [-0.39, 0.29) is 22.8 Å². The van der Waals surface area contributed by atoms with Crippen LogP contribution in [0.2, 0.25) is 0 Å². The van der Waals surface area contributed by atoms with Crippen LogP contribution in [-0.2, 0) is 15.1 Å². The van der Waals surface area contributed by atoms with E-state index in [2.05, 4.69) is 6.07 Å². The molecule has 6 rings (SSSR count). The van der Waals surface area contributed by atoms with Crippen molar-refractivity contribution in [2.45, 2.75) is 50.5 Å². The molecule has 0 spiro atoms. The molecule has 2 bridgehead atoms. The van der Waals surface area contributed by atoms with Gasteiger partial charge in [-0.1, -0.05) is 18.2 Å². The number of carbonyl (C=O) groups is 1. The molecule has 4 fully saturated rings. The molecule has 2 saturated heterocycles. The summed E-state index contributed by atoms with van der Waals surface area (Å²) in [6.07, 6.45) is 7.10. The van der Waals surface area contributed by atoms with Crippen molar-refractivity contribution < 1.29 is 23.8 Å². The van der Waals surface area contributed by atoms with Crippen molar-refractivity contribution in [2.24, 2.45) is 17.3 Å². The van der Waals surface area contributed by atoms with Crippen molar-refractivity contribution in [1.82, 2.24) is 0 Å². The minimum atomic E-state index is -0.639. The van der Waals surface area contributed by atoms with Crippen LogP contribution in [0, 0.1) is 23.1 Å². The van der Waals surface area contributed by atoms with Gasteiger partial charge in [-0.3, -0.25) is 4.79 Å². The van der Waals surface area contributed by atoms with Crippen LogP contribution in [0.3, 0.4) is 0 Å². The lowest BCUT2D eigenvalue weighted by atomic mass is 9.62. The Hall–Kier alpha value is -2.40. The number of rotatable bonds is 7. The molecule has 2 aromatic rings. The first-order chi connectivity index (χ1) is 14.5. The van der Waals surface area contributed by atoms with Gasteiger partial charge in [0.15, 0.2) is 0 Å². The summed E-state index contributed by atoms with van der Waals surface area (Å²) in [5, 5.41) is 9.13. The molecule has 2 aromatic carbocycles. The molecule has 30 heavy (non-hydrogen) atoms. The fourth-order valence-electron chi connectivity index (χ4n) is 5.33. The number of aliphatic carboxylic acids is 1. The molecule has 0 unspecified atom stereocenters. The van der Waals surface area contributed by atoms with Gasteiger partial charge in [0, 0.05) is 6.07 Å². The molecular formula is C25H27FO4. The average molecular weight is 410 g/mol. The number of hydrogen-bond acceptors (Lipinski definition) is 3. The molecule has 158 valence electrons. The van der Waals surface area contributed by atoms with E-state index in [0.29, 0.717) is 17.4 Å². The zero-order chi connectivity index (χ0) is 20.8. The standard InChI is InChI=1S/C25H27FO4/c26-19-4-2-6-21(15-19)30-20-5-1-3-18(14-20)25-11-9-24(10-12-25,16-29-25)8-7-17-13-22(17)23(27)28/h1-6,14-15,17,22H,7-13,16H2,(H,27,28)/t17-,22-,24?,25?/m1/s1. The summed E-state index contributed by atoms with van der Waals surface area (Å²) >= 11 is 0. The van der Waals surface area contributed by atoms with Crippen LogP contribution >= 0.6 is 0 Å². The van der Waals surface area contributed by atoms with E-state index in [1.165, 1.54) is 12.1 Å². The zero-order valence-electron chi connectivity index (χ0n) is 17.0. The predicted octanol–water partition coefficient (Wildman–Crippen LogP) is 5.90. The van der Waals surface area contributed by atoms with Crippen LogP contribution in [-0.4, -0.2) is 17.7 Å². The van der Waals surface area contributed by atoms with Crippen molar-refractivity contribution in [2.75, 3.05) is 6.61 Å². The van der Waals surface area contributed by atoms with Crippen molar-refractivity contribution in [3.8, 4) is 11.5 Å². The normalized spacial score (nSPS) is 32.0. The van der Waals surface area contributed by atoms with Gasteiger partial charge in [0.2, 0.25) is 0 Å². The summed E-state index contributed by atoms with van der Waals surface area (Å²) in [4.78, 5) is 11.1. The average Bonchev–Trinajstić information content (AvgIpc) is 3.54. The zero-order valence-corrected chi connectivity index (χ0v) is 17.0. The Bertz CT molecular complexity index is 931. The van der Waals surface area contributed by atoms with Gasteiger partial charge in [0.05, 0.1) is 18.1 Å². The van der Waals surface area contributed by atoms with Crippen molar-refractivity contribution in [3.63, 3.8) is 0 Å². The number of benzene rings is 2. The maximum Gasteiger partial charge on any atom is 0.306 e. The molecule has 0 aromatic heterocycles. The predicted molar refractivity (Wildman–Crippen MR) is 110 cm³/mol. The smallest absolute Gasteiger partial charge is 0.306 e. The second-order valence-electron chi connectivity index (χ2n) is 9.35. The maximum atomic E-state index is 13.4. The van der Waals surface area contributed by atoms with Crippen molar-refractivity contribution >= 4 is 5.97 Å². The molecular weight excluding hydrogens is 383 g/mol. The van der Waals surface area contributed by atoms with Crippen LogP contribution in [0.4, 0.5) is 4.39 Å². The van der Waals surface area contributed by atoms with E-state index < -0.39 is 5.97 Å². The first-order valence-electron chi connectivity index (χ1n) is 10.9. The minimum absolute atomic E-state index is 0.116. The highest BCUT2D eigenvalue weighted by atomic mass is 19.1. The lowest BCUT2D eigenvalue weighted by Gasteiger charge is -2.53. The Balaban J connectivity index is 1.24. The highest BCUT2D eigenvalue weighted by Crippen LogP contribution is 2.57. The van der Waals surface area contributed by atoms with E-state index in [1.54, 1.807) is 12.1 Å². The molecule has 5 heteroatoms. The first kappa shape index (κ1) is 19.6. The Kier molecular flexibility index (Phi) is 4.81. The number of fused-ring (bicyclic) bond motifs is 3. The lowest BCUT2D eigenvalue weighted by molar-refractivity contribution is -0.192. The Morgan fingerprint density at radius 1 is 1.10 bits per heavy atom. The summed E-state index contributed by atoms with van der Waals surface area (Å²) in [7, 11) is 0. The second kappa shape index (κ2) is 7.38. The highest BCUT2D eigenvalue weighted by Gasteiger charge is 2.52. The molecule has 0 amide bonds. The molecule has 2 heterocycles. The van der Waals surface area contributed by atoms with Gasteiger partial charge < -0.3 is 14.6 Å². The van der Waals surface area contributed by atoms with Gasteiger partial charge >= 0.3 is 5.97 Å². The number of ether oxygens (including phenoxy) is 2. The fourth-order valence-corrected chi connectivity index (χ4v) is 5.33. The quantitative estimate of drug-likeness (QED) is 0.617. The Morgan fingerprint density at radius 3 is 2.47 bits per heavy atom. The first-order valence-corrected chi connectivity index (χ1v) is 10.9. The van der Waals surface area contributed by atoms with Gasteiger partial charge in [-0.15, -0.1) is 0 Å². The number of carboxylic acid groups (broad SMARTS) is 1. The number of halogens is 1. The summed E-state index contributed by atoms with van der Waals surface area (Å²) in [6, 6.07) is 14.1. The summed E-state index contributed by atoms with van der Waals surface area (Å²) in [5.74, 6) is 0.461. The Morgan fingerprint density at radius 2 is 1.83 bits per heavy atom. The SMILES string of the molecule is O=C(O)[C@@H]1C[C@H]1CCC12CCC(c3cccc(Oc4cccc(F)c4)c3)(CC1)OC2. The van der Waals surface area contributed by atoms with Crippen LogP contribution < -0.4 is 4.74 Å². The minimum Gasteiger partial charge on any atom is -0.481 e. The van der Waals surface area contributed by atoms with E-state index in [0.717, 1.165) is 57.1 Å². The van der Waals surface area contributed by atoms with Crippen molar-refractivity contribution in [1.29, 1.82) is 0 Å². The Labute approximate surface area is 176 Å². The topological polar surface area (TPSA) is 55.8 Å². The molecule has 2 saturated carbocycles. The summed E-state index contributed by atoms with van der Waals surface area (Å²) in [6.45, 7) is 0.742. The second-order valence-corrected chi connectivity index (χ2v) is 9.35. The van der Waals surface area contributed by atoms with Gasteiger partial charge in [-0.25, -0.2) is 4.39 Å². The van der Waals surface area contributed by atoms with Gasteiger partial charge in [-0.05, 0) is 86.1 Å². The number of carboxylic acids is 1. The fraction of sp³-hybridized carbons (Fsp3) is 0.480. The molecule has 4 nitrogen and oxygen atoms in total. The van der Waals surface area contributed by atoms with Crippen LogP contribution in [0.25, 0.3) is 0 Å². The summed E-state index contributed by atoms with van der Waals surface area (Å²) < 4.78 is 25.8. The molecule has 1 N–H and O–H groups in total. The maximum absolute atomic E-state index is 13.4. The highest BCUT2D eigenvalue weighted by molar-refractivity contribution is 5.73. The lowest BCUT2D eigenvalue weighted by Crippen LogP contribution is -2.49. The van der Waals surface area contributed by atoms with Gasteiger partial charge in [-0.2, -0.15) is 0 Å². The third kappa shape index (κ3) is 3.71. The van der Waals surface area contributed by atoms with E-state index in [4.69, 9.17) is 14.6 Å². The largest absolute Gasteiger partial charge is 0.481 e. The van der Waals surface area contributed by atoms with Crippen molar-refractivity contribution in [3.05, 3.63) is 59.9 Å². The third-order valence-corrected chi connectivity index (χ3v) is 7.45. The number of hydrogen-bond donors (Lipinski definition) is 1. The molecule has 0 radical (unpaired) electrons. The molecule has 2 atom stereocenters. The molecule has 2 aliphatic carbocycles. The monoisotopic (exact) mass is 410 g/mol. The van der Waals surface area contributed by atoms with Gasteiger partial charge in [0.1, 0.15) is 17.3 Å². The van der Waals surface area contributed by atoms with E-state index >= 15 is 0 Å². The van der Waals surface area contributed by atoms with E-state index in [1.807, 2.05) is 18.2 Å². The molecule has 4 aliphatic rings. The van der Waals surface area contributed by atoms with Crippen LogP contribution in [0.15, 0.2) is 48.5 Å². The van der Waals surface area contributed by atoms with Gasteiger partial charge in [0.25, 0.3) is 0 Å².